The molecule has 1 heterocycles. The molecular weight excluding hydrogens is 322 g/mol. The molecule has 0 atom stereocenters. The van der Waals surface area contributed by atoms with E-state index in [-0.39, 0.29) is 5.91 Å². The number of carbonyl (C=O) groups is 1. The molecule has 0 spiro atoms. The van der Waals surface area contributed by atoms with Gasteiger partial charge in [0.1, 0.15) is 5.58 Å². The Bertz CT molecular complexity index is 1120. The molecule has 0 aliphatic rings. The van der Waals surface area contributed by atoms with Crippen molar-refractivity contribution < 1.29 is 9.21 Å². The predicted octanol–water partition coefficient (Wildman–Crippen LogP) is 6.27. The third-order valence-electron chi connectivity index (χ3n) is 4.82. The van der Waals surface area contributed by atoms with E-state index in [0.29, 0.717) is 11.7 Å². The van der Waals surface area contributed by atoms with Crippen LogP contribution in [0, 0.1) is 6.92 Å². The summed E-state index contributed by atoms with van der Waals surface area (Å²) in [5.74, 6) is 0.431. The molecule has 26 heavy (non-hydrogen) atoms. The lowest BCUT2D eigenvalue weighted by molar-refractivity contribution is 0.0998. The third kappa shape index (κ3) is 2.76. The monoisotopic (exact) mass is 343 g/mol. The summed E-state index contributed by atoms with van der Waals surface area (Å²) in [6, 6.07) is 20.0. The van der Waals surface area contributed by atoms with E-state index in [9.17, 15) is 4.79 Å². The smallest absolute Gasteiger partial charge is 0.291 e. The number of rotatable bonds is 3. The average Bonchev–Trinajstić information content (AvgIpc) is 3.08. The van der Waals surface area contributed by atoms with Gasteiger partial charge < -0.3 is 9.73 Å². The van der Waals surface area contributed by atoms with E-state index in [4.69, 9.17) is 4.42 Å². The number of carbonyl (C=O) groups excluding carboxylic acids is 1. The highest BCUT2D eigenvalue weighted by Crippen LogP contribution is 2.30. The number of hydrogen-bond donors (Lipinski definition) is 1. The lowest BCUT2D eigenvalue weighted by atomic mass is 9.98. The van der Waals surface area contributed by atoms with Crippen molar-refractivity contribution in [1.29, 1.82) is 0 Å². The number of nitrogens with one attached hydrogen (secondary N) is 1. The number of anilines is 1. The molecule has 1 N–H and O–H groups in total. The van der Waals surface area contributed by atoms with Crippen LogP contribution in [0.1, 0.15) is 41.4 Å². The topological polar surface area (TPSA) is 42.2 Å². The highest BCUT2D eigenvalue weighted by atomic mass is 16.3. The number of fused-ring (bicyclic) bond motifs is 3. The van der Waals surface area contributed by atoms with E-state index in [1.807, 2.05) is 55.5 Å². The Balaban J connectivity index is 1.75. The van der Waals surface area contributed by atoms with E-state index >= 15 is 0 Å². The summed E-state index contributed by atoms with van der Waals surface area (Å²) in [5.41, 5.74) is 3.77. The van der Waals surface area contributed by atoms with Crippen molar-refractivity contribution in [2.75, 3.05) is 5.32 Å². The summed E-state index contributed by atoms with van der Waals surface area (Å²) >= 11 is 0. The Labute approximate surface area is 152 Å². The Kier molecular flexibility index (Phi) is 4.00. The van der Waals surface area contributed by atoms with E-state index in [0.717, 1.165) is 38.6 Å². The van der Waals surface area contributed by atoms with Gasteiger partial charge in [0.2, 0.25) is 0 Å². The Morgan fingerprint density at radius 3 is 2.58 bits per heavy atom. The van der Waals surface area contributed by atoms with Crippen LogP contribution in [0.25, 0.3) is 21.7 Å². The second kappa shape index (κ2) is 6.34. The summed E-state index contributed by atoms with van der Waals surface area (Å²) in [4.78, 5) is 12.8. The summed E-state index contributed by atoms with van der Waals surface area (Å²) in [5, 5.41) is 6.24. The summed E-state index contributed by atoms with van der Waals surface area (Å²) < 4.78 is 5.84. The van der Waals surface area contributed by atoms with Gasteiger partial charge in [0, 0.05) is 11.1 Å². The average molecular weight is 343 g/mol. The van der Waals surface area contributed by atoms with Gasteiger partial charge >= 0.3 is 0 Å². The first-order chi connectivity index (χ1) is 12.5. The van der Waals surface area contributed by atoms with Gasteiger partial charge in [-0.25, -0.2) is 0 Å². The molecule has 0 saturated carbocycles. The van der Waals surface area contributed by atoms with Crippen LogP contribution in [0.4, 0.5) is 5.69 Å². The van der Waals surface area contributed by atoms with Gasteiger partial charge in [0.25, 0.3) is 5.91 Å². The maximum atomic E-state index is 12.8. The molecule has 0 aliphatic carbocycles. The van der Waals surface area contributed by atoms with Crippen molar-refractivity contribution in [2.24, 2.45) is 0 Å². The minimum atomic E-state index is -0.221. The molecule has 0 aliphatic heterocycles. The molecule has 1 aromatic heterocycles. The minimum Gasteiger partial charge on any atom is -0.451 e. The summed E-state index contributed by atoms with van der Waals surface area (Å²) in [6.45, 7) is 6.25. The van der Waals surface area contributed by atoms with Gasteiger partial charge in [0.05, 0.1) is 0 Å². The molecule has 0 saturated heterocycles. The van der Waals surface area contributed by atoms with Gasteiger partial charge in [-0.3, -0.25) is 4.79 Å². The molecule has 3 aromatic carbocycles. The molecule has 1 amide bonds. The fraction of sp³-hybridized carbons (Fsp3) is 0.174. The van der Waals surface area contributed by atoms with Crippen molar-refractivity contribution in [2.45, 2.75) is 26.7 Å². The van der Waals surface area contributed by atoms with Gasteiger partial charge in [-0.2, -0.15) is 0 Å². The van der Waals surface area contributed by atoms with Crippen LogP contribution in [0.2, 0.25) is 0 Å². The second-order valence-corrected chi connectivity index (χ2v) is 6.96. The van der Waals surface area contributed by atoms with Crippen LogP contribution < -0.4 is 5.32 Å². The number of hydrogen-bond acceptors (Lipinski definition) is 2. The van der Waals surface area contributed by atoms with Gasteiger partial charge in [-0.1, -0.05) is 62.4 Å². The normalized spacial score (nSPS) is 11.4. The molecule has 0 unspecified atom stereocenters. The Morgan fingerprint density at radius 1 is 0.962 bits per heavy atom. The van der Waals surface area contributed by atoms with Crippen molar-refractivity contribution in [3.05, 3.63) is 77.6 Å². The molecule has 0 bridgehead atoms. The third-order valence-corrected chi connectivity index (χ3v) is 4.82. The molecule has 3 heteroatoms. The quantitative estimate of drug-likeness (QED) is 0.476. The van der Waals surface area contributed by atoms with Crippen LogP contribution >= 0.6 is 0 Å². The molecule has 130 valence electrons. The largest absolute Gasteiger partial charge is 0.451 e. The molecule has 3 nitrogen and oxygen atoms in total. The van der Waals surface area contributed by atoms with Crippen LogP contribution in [-0.2, 0) is 0 Å². The second-order valence-electron chi connectivity index (χ2n) is 6.96. The van der Waals surface area contributed by atoms with Crippen LogP contribution in [0.3, 0.4) is 0 Å². The van der Waals surface area contributed by atoms with Crippen molar-refractivity contribution in [3.63, 3.8) is 0 Å². The van der Waals surface area contributed by atoms with Crippen molar-refractivity contribution >= 4 is 33.3 Å². The standard InChI is InChI=1S/C23H21NO2/c1-14(2)17-10-6-7-15(3)22(17)24-23(25)21-13-19-18-9-5-4-8-16(18)11-12-20(19)26-21/h4-14H,1-3H3,(H,24,25). The van der Waals surface area contributed by atoms with Gasteiger partial charge in [-0.15, -0.1) is 0 Å². The van der Waals surface area contributed by atoms with E-state index in [1.165, 1.54) is 0 Å². The lowest BCUT2D eigenvalue weighted by Gasteiger charge is -2.15. The first-order valence-electron chi connectivity index (χ1n) is 8.87. The number of benzene rings is 3. The van der Waals surface area contributed by atoms with Gasteiger partial charge in [0.15, 0.2) is 5.76 Å². The minimum absolute atomic E-state index is 0.221. The predicted molar refractivity (Wildman–Crippen MR) is 107 cm³/mol. The fourth-order valence-corrected chi connectivity index (χ4v) is 3.42. The highest BCUT2D eigenvalue weighted by Gasteiger charge is 2.17. The molecule has 0 fully saturated rings. The highest BCUT2D eigenvalue weighted by molar-refractivity contribution is 6.11. The first kappa shape index (κ1) is 16.4. The number of para-hydroxylation sites is 1. The maximum Gasteiger partial charge on any atom is 0.291 e. The zero-order valence-electron chi connectivity index (χ0n) is 15.2. The molecule has 0 radical (unpaired) electrons. The maximum absolute atomic E-state index is 12.8. The first-order valence-corrected chi connectivity index (χ1v) is 8.87. The Hall–Kier alpha value is -3.07. The number of amides is 1. The van der Waals surface area contributed by atoms with Crippen molar-refractivity contribution in [1.82, 2.24) is 0 Å². The number of aryl methyl sites for hydroxylation is 1. The molecule has 4 rings (SSSR count). The van der Waals surface area contributed by atoms with Crippen molar-refractivity contribution in [3.8, 4) is 0 Å². The summed E-state index contributed by atoms with van der Waals surface area (Å²) in [6.07, 6.45) is 0. The number of furan rings is 1. The summed E-state index contributed by atoms with van der Waals surface area (Å²) in [7, 11) is 0. The zero-order valence-corrected chi connectivity index (χ0v) is 15.2. The lowest BCUT2D eigenvalue weighted by Crippen LogP contribution is -2.14. The van der Waals surface area contributed by atoms with E-state index in [2.05, 4.69) is 31.3 Å². The van der Waals surface area contributed by atoms with Crippen LogP contribution in [-0.4, -0.2) is 5.91 Å². The SMILES string of the molecule is Cc1cccc(C(C)C)c1NC(=O)c1cc2c(ccc3ccccc32)o1. The van der Waals surface area contributed by atoms with Crippen LogP contribution in [0.5, 0.6) is 0 Å². The van der Waals surface area contributed by atoms with E-state index in [1.54, 1.807) is 0 Å². The fourth-order valence-electron chi connectivity index (χ4n) is 3.42. The van der Waals surface area contributed by atoms with Gasteiger partial charge in [-0.05, 0) is 46.9 Å². The van der Waals surface area contributed by atoms with E-state index < -0.39 is 0 Å². The molecule has 4 aromatic rings. The zero-order chi connectivity index (χ0) is 18.3. The van der Waals surface area contributed by atoms with Crippen LogP contribution in [0.15, 0.2) is 65.1 Å². The molecular formula is C23H21NO2. The Morgan fingerprint density at radius 2 is 1.77 bits per heavy atom.